The van der Waals surface area contributed by atoms with Gasteiger partial charge >= 0.3 is 5.97 Å². The van der Waals surface area contributed by atoms with Gasteiger partial charge in [0.15, 0.2) is 0 Å². The minimum atomic E-state index is -0.987. The molecule has 0 saturated carbocycles. The summed E-state index contributed by atoms with van der Waals surface area (Å²) >= 11 is 6.02. The van der Waals surface area contributed by atoms with Crippen LogP contribution in [-0.2, 0) is 16.0 Å². The fourth-order valence-corrected chi connectivity index (χ4v) is 2.07. The molecule has 1 rings (SSSR count). The van der Waals surface area contributed by atoms with E-state index < -0.39 is 12.0 Å². The first-order valence-electron chi connectivity index (χ1n) is 6.71. The number of carboxylic acid groups (broad SMARTS) is 1. The molecule has 0 saturated heterocycles. The zero-order chi connectivity index (χ0) is 15.1. The van der Waals surface area contributed by atoms with Crippen LogP contribution in [0.5, 0.6) is 0 Å². The van der Waals surface area contributed by atoms with Crippen molar-refractivity contribution < 1.29 is 14.7 Å². The Morgan fingerprint density at radius 2 is 2.10 bits per heavy atom. The van der Waals surface area contributed by atoms with E-state index in [2.05, 4.69) is 5.32 Å². The van der Waals surface area contributed by atoms with Gasteiger partial charge in [0, 0.05) is 11.4 Å². The molecule has 5 heteroatoms. The average Bonchev–Trinajstić information content (AvgIpc) is 2.39. The van der Waals surface area contributed by atoms with Gasteiger partial charge in [-0.05, 0) is 37.0 Å². The minimum Gasteiger partial charge on any atom is -0.480 e. The number of carbonyl (C=O) groups is 2. The summed E-state index contributed by atoms with van der Waals surface area (Å²) in [4.78, 5) is 22.7. The molecule has 0 fully saturated rings. The molecule has 0 aliphatic carbocycles. The van der Waals surface area contributed by atoms with Gasteiger partial charge in [0.25, 0.3) is 0 Å². The highest BCUT2D eigenvalue weighted by Gasteiger charge is 2.18. The second kappa shape index (κ2) is 7.90. The van der Waals surface area contributed by atoms with Gasteiger partial charge < -0.3 is 10.4 Å². The Bertz CT molecular complexity index is 488. The number of carbonyl (C=O) groups excluding carboxylic acids is 1. The van der Waals surface area contributed by atoms with E-state index in [9.17, 15) is 9.59 Å². The molecular weight excluding hydrogens is 278 g/mol. The van der Waals surface area contributed by atoms with Crippen molar-refractivity contribution in [1.29, 1.82) is 0 Å². The lowest BCUT2D eigenvalue weighted by atomic mass is 10.1. The van der Waals surface area contributed by atoms with Gasteiger partial charge in [-0.25, -0.2) is 4.79 Å². The lowest BCUT2D eigenvalue weighted by Crippen LogP contribution is -2.40. The van der Waals surface area contributed by atoms with Gasteiger partial charge in [0.2, 0.25) is 5.91 Å². The fraction of sp³-hybridized carbons (Fsp3) is 0.467. The van der Waals surface area contributed by atoms with Crippen LogP contribution in [0.2, 0.25) is 5.02 Å². The Morgan fingerprint density at radius 3 is 2.65 bits per heavy atom. The van der Waals surface area contributed by atoms with Gasteiger partial charge in [-0.15, -0.1) is 0 Å². The molecule has 0 aliphatic heterocycles. The summed E-state index contributed by atoms with van der Waals surface area (Å²) < 4.78 is 0. The molecule has 0 bridgehead atoms. The number of amides is 1. The van der Waals surface area contributed by atoms with Crippen molar-refractivity contribution >= 4 is 23.5 Å². The average molecular weight is 298 g/mol. The summed E-state index contributed by atoms with van der Waals surface area (Å²) in [6.07, 6.45) is 1.96. The van der Waals surface area contributed by atoms with Gasteiger partial charge in [-0.3, -0.25) is 4.79 Å². The first kappa shape index (κ1) is 16.5. The van der Waals surface area contributed by atoms with E-state index in [0.29, 0.717) is 24.3 Å². The highest BCUT2D eigenvalue weighted by molar-refractivity contribution is 6.31. The second-order valence-corrected chi connectivity index (χ2v) is 5.24. The van der Waals surface area contributed by atoms with Crippen LogP contribution in [0.15, 0.2) is 18.2 Å². The molecule has 0 aliphatic rings. The van der Waals surface area contributed by atoms with Crippen LogP contribution in [0.1, 0.15) is 37.3 Å². The van der Waals surface area contributed by atoms with E-state index in [1.54, 1.807) is 0 Å². The Hall–Kier alpha value is -1.55. The zero-order valence-corrected chi connectivity index (χ0v) is 12.5. The molecule has 2 N–H and O–H groups in total. The third-order valence-electron chi connectivity index (χ3n) is 3.09. The molecule has 20 heavy (non-hydrogen) atoms. The summed E-state index contributed by atoms with van der Waals surface area (Å²) in [5.41, 5.74) is 1.96. The van der Waals surface area contributed by atoms with E-state index in [1.165, 1.54) is 0 Å². The van der Waals surface area contributed by atoms with E-state index in [-0.39, 0.29) is 12.3 Å². The van der Waals surface area contributed by atoms with Crippen molar-refractivity contribution in [2.24, 2.45) is 0 Å². The normalized spacial score (nSPS) is 11.9. The lowest BCUT2D eigenvalue weighted by Gasteiger charge is -2.13. The highest BCUT2D eigenvalue weighted by atomic mass is 35.5. The van der Waals surface area contributed by atoms with Crippen LogP contribution < -0.4 is 5.32 Å². The Morgan fingerprint density at radius 1 is 1.40 bits per heavy atom. The summed E-state index contributed by atoms with van der Waals surface area (Å²) in [5, 5.41) is 12.2. The van der Waals surface area contributed by atoms with Crippen LogP contribution in [0, 0.1) is 6.92 Å². The molecule has 0 heterocycles. The fourth-order valence-electron chi connectivity index (χ4n) is 1.86. The Kier molecular flexibility index (Phi) is 6.52. The van der Waals surface area contributed by atoms with E-state index in [1.807, 2.05) is 32.0 Å². The van der Waals surface area contributed by atoms with Crippen molar-refractivity contribution in [2.75, 3.05) is 0 Å². The molecule has 0 radical (unpaired) electrons. The maximum absolute atomic E-state index is 11.8. The first-order chi connectivity index (χ1) is 9.43. The van der Waals surface area contributed by atoms with Crippen LogP contribution in [0.4, 0.5) is 0 Å². The largest absolute Gasteiger partial charge is 0.480 e. The SMILES string of the molecule is CCC[C@@H](NC(=O)CCc1ccc(C)c(Cl)c1)C(=O)O. The molecular formula is C15H20ClNO3. The number of rotatable bonds is 7. The van der Waals surface area contributed by atoms with Crippen molar-refractivity contribution in [3.63, 3.8) is 0 Å². The molecule has 0 unspecified atom stereocenters. The number of carboxylic acids is 1. The molecule has 1 atom stereocenters. The van der Waals surface area contributed by atoms with Gasteiger partial charge in [-0.1, -0.05) is 37.1 Å². The summed E-state index contributed by atoms with van der Waals surface area (Å²) in [6.45, 7) is 3.80. The van der Waals surface area contributed by atoms with Crippen molar-refractivity contribution in [3.05, 3.63) is 34.3 Å². The molecule has 0 spiro atoms. The van der Waals surface area contributed by atoms with E-state index >= 15 is 0 Å². The second-order valence-electron chi connectivity index (χ2n) is 4.83. The number of halogens is 1. The smallest absolute Gasteiger partial charge is 0.326 e. The van der Waals surface area contributed by atoms with E-state index in [4.69, 9.17) is 16.7 Å². The maximum Gasteiger partial charge on any atom is 0.326 e. The third kappa shape index (κ3) is 5.21. The summed E-state index contributed by atoms with van der Waals surface area (Å²) in [6, 6.07) is 4.88. The van der Waals surface area contributed by atoms with Gasteiger partial charge in [0.05, 0.1) is 0 Å². The molecule has 1 aromatic rings. The summed E-state index contributed by atoms with van der Waals surface area (Å²) in [5.74, 6) is -1.24. The number of nitrogens with one attached hydrogen (secondary N) is 1. The van der Waals surface area contributed by atoms with E-state index in [0.717, 1.165) is 11.1 Å². The topological polar surface area (TPSA) is 66.4 Å². The third-order valence-corrected chi connectivity index (χ3v) is 3.49. The maximum atomic E-state index is 11.8. The molecule has 1 aromatic carbocycles. The molecule has 1 amide bonds. The summed E-state index contributed by atoms with van der Waals surface area (Å²) in [7, 11) is 0. The Labute approximate surface area is 124 Å². The number of benzene rings is 1. The van der Waals surface area contributed by atoms with Crippen molar-refractivity contribution in [1.82, 2.24) is 5.32 Å². The monoisotopic (exact) mass is 297 g/mol. The highest BCUT2D eigenvalue weighted by Crippen LogP contribution is 2.17. The lowest BCUT2D eigenvalue weighted by molar-refractivity contribution is -0.142. The standard InChI is InChI=1S/C15H20ClNO3/c1-3-4-13(15(19)20)17-14(18)8-7-11-6-5-10(2)12(16)9-11/h5-6,9,13H,3-4,7-8H2,1-2H3,(H,17,18)(H,19,20)/t13-/m1/s1. The number of hydrogen-bond acceptors (Lipinski definition) is 2. The van der Waals surface area contributed by atoms with Crippen LogP contribution in [0.25, 0.3) is 0 Å². The van der Waals surface area contributed by atoms with Crippen molar-refractivity contribution in [3.8, 4) is 0 Å². The molecule has 4 nitrogen and oxygen atoms in total. The van der Waals surface area contributed by atoms with Crippen LogP contribution in [-0.4, -0.2) is 23.0 Å². The van der Waals surface area contributed by atoms with Gasteiger partial charge in [0.1, 0.15) is 6.04 Å². The molecule has 110 valence electrons. The quantitative estimate of drug-likeness (QED) is 0.813. The zero-order valence-electron chi connectivity index (χ0n) is 11.8. The predicted octanol–water partition coefficient (Wildman–Crippen LogP) is 2.95. The Balaban J connectivity index is 2.50. The molecule has 0 aromatic heterocycles. The van der Waals surface area contributed by atoms with Crippen LogP contribution >= 0.6 is 11.6 Å². The first-order valence-corrected chi connectivity index (χ1v) is 7.09. The van der Waals surface area contributed by atoms with Crippen LogP contribution in [0.3, 0.4) is 0 Å². The number of aryl methyl sites for hydroxylation is 2. The number of aliphatic carboxylic acids is 1. The minimum absolute atomic E-state index is 0.248. The van der Waals surface area contributed by atoms with Gasteiger partial charge in [-0.2, -0.15) is 0 Å². The van der Waals surface area contributed by atoms with Crippen molar-refractivity contribution in [2.45, 2.75) is 45.6 Å². The predicted molar refractivity (Wildman–Crippen MR) is 79.0 cm³/mol. The number of hydrogen-bond donors (Lipinski definition) is 2.